The van der Waals surface area contributed by atoms with Gasteiger partial charge in [0.15, 0.2) is 0 Å². The molecule has 16 heteroatoms. The van der Waals surface area contributed by atoms with Gasteiger partial charge in [-0.1, -0.05) is 36.4 Å². The maximum atomic E-state index is 13.6. The molecule has 216 valence electrons. The molecular formula is C26H26BN7O8. The van der Waals surface area contributed by atoms with Crippen LogP contribution in [0.3, 0.4) is 0 Å². The number of fused-ring (bicyclic) bond motifs is 1. The van der Waals surface area contributed by atoms with Crippen LogP contribution in [-0.2, 0) is 20.8 Å². The normalized spacial score (nSPS) is 18.7. The van der Waals surface area contributed by atoms with Gasteiger partial charge in [0.05, 0.1) is 17.2 Å². The summed E-state index contributed by atoms with van der Waals surface area (Å²) in [5.74, 6) is -4.79. The van der Waals surface area contributed by atoms with E-state index in [4.69, 9.17) is 4.65 Å². The summed E-state index contributed by atoms with van der Waals surface area (Å²) in [6.07, 6.45) is 0.0434. The number of urea groups is 1. The third kappa shape index (κ3) is 5.56. The van der Waals surface area contributed by atoms with Gasteiger partial charge in [0.2, 0.25) is 5.91 Å². The summed E-state index contributed by atoms with van der Waals surface area (Å²) < 4.78 is 5.47. The number of rotatable bonds is 7. The molecule has 5 rings (SSSR count). The molecule has 4 N–H and O–H groups in total. The van der Waals surface area contributed by atoms with Crippen molar-refractivity contribution >= 4 is 42.6 Å². The highest BCUT2D eigenvalue weighted by Crippen LogP contribution is 2.30. The van der Waals surface area contributed by atoms with Crippen LogP contribution in [0, 0.1) is 0 Å². The zero-order chi connectivity index (χ0) is 30.0. The molecule has 0 spiro atoms. The van der Waals surface area contributed by atoms with Crippen molar-refractivity contribution in [3.8, 4) is 5.75 Å². The Bertz CT molecular complexity index is 1510. The number of likely N-dealkylation sites (N-methyl/N-ethyl adjacent to an activating group) is 1. The van der Waals surface area contributed by atoms with Crippen LogP contribution in [0.4, 0.5) is 4.79 Å². The Balaban J connectivity index is 1.38. The minimum Gasteiger partial charge on any atom is -0.534 e. The molecule has 0 bridgehead atoms. The summed E-state index contributed by atoms with van der Waals surface area (Å²) in [7, 11) is -1.59. The molecule has 1 fully saturated rings. The number of carboxylic acids is 1. The van der Waals surface area contributed by atoms with E-state index < -0.39 is 48.8 Å². The summed E-state index contributed by atoms with van der Waals surface area (Å²) >= 11 is 0. The average Bonchev–Trinajstić information content (AvgIpc) is 3.52. The van der Waals surface area contributed by atoms with E-state index in [0.717, 1.165) is 4.90 Å². The van der Waals surface area contributed by atoms with Crippen LogP contribution in [0.25, 0.3) is 0 Å². The van der Waals surface area contributed by atoms with Gasteiger partial charge in [0.1, 0.15) is 18.3 Å². The van der Waals surface area contributed by atoms with Crippen molar-refractivity contribution in [3.63, 3.8) is 0 Å². The first-order valence-corrected chi connectivity index (χ1v) is 13.1. The summed E-state index contributed by atoms with van der Waals surface area (Å²) in [5.41, 5.74) is 1.99. The highest BCUT2D eigenvalue weighted by Gasteiger charge is 2.41. The lowest BCUT2D eigenvalue weighted by Crippen LogP contribution is -2.60. The van der Waals surface area contributed by atoms with Crippen molar-refractivity contribution in [1.29, 1.82) is 0 Å². The van der Waals surface area contributed by atoms with E-state index in [0.29, 0.717) is 35.5 Å². The van der Waals surface area contributed by atoms with Crippen LogP contribution in [-0.4, -0.2) is 94.6 Å². The third-order valence-electron chi connectivity index (χ3n) is 7.17. The molecule has 2 aromatic rings. The second kappa shape index (κ2) is 11.8. The van der Waals surface area contributed by atoms with E-state index in [-0.39, 0.29) is 30.8 Å². The van der Waals surface area contributed by atoms with Crippen molar-refractivity contribution in [2.24, 2.45) is 15.4 Å². The predicted molar refractivity (Wildman–Crippen MR) is 146 cm³/mol. The number of hydrogen-bond acceptors (Lipinski definition) is 10. The number of carboxylic acid groups (broad SMARTS) is 1. The molecule has 15 nitrogen and oxygen atoms in total. The first-order chi connectivity index (χ1) is 20.2. The molecule has 0 aliphatic carbocycles. The number of carbonyl (C=O) groups excluding carboxylic acids is 4. The highest BCUT2D eigenvalue weighted by atomic mass is 16.5. The molecule has 0 saturated carbocycles. The number of piperazine rings is 1. The molecule has 1 unspecified atom stereocenters. The summed E-state index contributed by atoms with van der Waals surface area (Å²) in [6, 6.07) is 8.72. The Morgan fingerprint density at radius 3 is 2.55 bits per heavy atom. The number of aromatic carboxylic acids is 1. The predicted octanol–water partition coefficient (Wildman–Crippen LogP) is 0.136. The molecule has 2 atom stereocenters. The molecule has 5 amide bonds. The highest BCUT2D eigenvalue weighted by molar-refractivity contribution is 6.47. The van der Waals surface area contributed by atoms with Gasteiger partial charge in [-0.15, -0.1) is 5.10 Å². The third-order valence-corrected chi connectivity index (χ3v) is 7.17. The van der Waals surface area contributed by atoms with Crippen molar-refractivity contribution in [2.45, 2.75) is 25.3 Å². The largest absolute Gasteiger partial charge is 0.547 e. The van der Waals surface area contributed by atoms with E-state index in [2.05, 4.69) is 26.1 Å². The minimum atomic E-state index is -1.59. The Hall–Kier alpha value is -5.12. The fourth-order valence-corrected chi connectivity index (χ4v) is 4.89. The molecule has 1 saturated heterocycles. The molecule has 42 heavy (non-hydrogen) atoms. The number of nitrogens with zero attached hydrogens (tertiary/aromatic N) is 5. The Morgan fingerprint density at radius 2 is 1.88 bits per heavy atom. The van der Waals surface area contributed by atoms with Gasteiger partial charge in [-0.05, 0) is 41.3 Å². The summed E-state index contributed by atoms with van der Waals surface area (Å²) in [6.45, 7) is 2.43. The second-order valence-corrected chi connectivity index (χ2v) is 9.71. The van der Waals surface area contributed by atoms with Crippen LogP contribution in [0.5, 0.6) is 5.75 Å². The first kappa shape index (κ1) is 28.4. The summed E-state index contributed by atoms with van der Waals surface area (Å²) in [5, 5.41) is 36.6. The zero-order valence-electron chi connectivity index (χ0n) is 22.4. The topological polar surface area (TPSA) is 203 Å². The second-order valence-electron chi connectivity index (χ2n) is 9.71. The molecule has 0 aromatic heterocycles. The van der Waals surface area contributed by atoms with E-state index in [1.54, 1.807) is 37.3 Å². The van der Waals surface area contributed by atoms with Crippen molar-refractivity contribution < 1.29 is 38.8 Å². The van der Waals surface area contributed by atoms with Crippen molar-refractivity contribution in [1.82, 2.24) is 20.4 Å². The quantitative estimate of drug-likeness (QED) is 0.263. The zero-order valence-corrected chi connectivity index (χ0v) is 22.4. The van der Waals surface area contributed by atoms with Crippen LogP contribution in [0.2, 0.25) is 0 Å². The molecule has 3 aliphatic rings. The van der Waals surface area contributed by atoms with Gasteiger partial charge < -0.3 is 30.3 Å². The van der Waals surface area contributed by atoms with Gasteiger partial charge in [-0.3, -0.25) is 19.3 Å². The number of amides is 5. The van der Waals surface area contributed by atoms with E-state index >= 15 is 0 Å². The lowest BCUT2D eigenvalue weighted by molar-refractivity contribution is -0.153. The number of para-hydroxylation sites is 1. The van der Waals surface area contributed by atoms with Crippen molar-refractivity contribution in [2.75, 3.05) is 26.2 Å². The lowest BCUT2D eigenvalue weighted by Gasteiger charge is -2.33. The van der Waals surface area contributed by atoms with Crippen molar-refractivity contribution in [3.05, 3.63) is 64.7 Å². The number of benzene rings is 2. The number of imide groups is 1. The fourth-order valence-electron chi connectivity index (χ4n) is 4.89. The number of nitrogens with one attached hydrogen (secondary N) is 2. The van der Waals surface area contributed by atoms with Gasteiger partial charge in [0.25, 0.3) is 0 Å². The molecular weight excluding hydrogens is 549 g/mol. The minimum absolute atomic E-state index is 0.00568. The van der Waals surface area contributed by atoms with Gasteiger partial charge >= 0.3 is 30.9 Å². The molecule has 3 aliphatic heterocycles. The maximum absolute atomic E-state index is 13.6. The number of hydrogen-bond donors (Lipinski definition) is 4. The fraction of sp³-hybridized carbons (Fsp3) is 0.308. The summed E-state index contributed by atoms with van der Waals surface area (Å²) in [4.78, 5) is 65.4. The SMILES string of the molecule is CCN1CCN(C(=O)NC(C(=O)N[C@H]2Cc3cccc(C(=O)O)c3OB2O)c2ccc(C3=NN=NC3)cc2)C(=O)C1=O. The van der Waals surface area contributed by atoms with Gasteiger partial charge in [-0.25, -0.2) is 9.59 Å². The monoisotopic (exact) mass is 575 g/mol. The Labute approximate surface area is 239 Å². The maximum Gasteiger partial charge on any atom is 0.547 e. The standard InChI is InChI=1S/C26H26BN7O8/c1-2-33-10-11-34(24(37)23(33)36)26(40)30-20(15-8-6-14(7-9-15)18-13-28-32-31-18)22(35)29-19-12-16-4-3-5-17(25(38)39)21(16)42-27(19)41/h3-9,19-20,41H,2,10-13H2,1H3,(H,29,35)(H,30,40)(H,38,39)/t19-,20?/m0/s1. The Morgan fingerprint density at radius 1 is 1.12 bits per heavy atom. The van der Waals surface area contributed by atoms with Crippen LogP contribution in [0.15, 0.2) is 57.9 Å². The average molecular weight is 575 g/mol. The first-order valence-electron chi connectivity index (χ1n) is 13.1. The molecule has 0 radical (unpaired) electrons. The van der Waals surface area contributed by atoms with Gasteiger partial charge in [0, 0.05) is 19.6 Å². The van der Waals surface area contributed by atoms with Crippen LogP contribution < -0.4 is 15.3 Å². The molecule has 2 aromatic carbocycles. The lowest BCUT2D eigenvalue weighted by atomic mass is 9.72. The van der Waals surface area contributed by atoms with E-state index in [1.807, 2.05) is 0 Å². The smallest absolute Gasteiger partial charge is 0.534 e. The van der Waals surface area contributed by atoms with Crippen LogP contribution >= 0.6 is 0 Å². The number of carbonyl (C=O) groups is 5. The molecule has 3 heterocycles. The van der Waals surface area contributed by atoms with E-state index in [1.165, 1.54) is 17.0 Å². The van der Waals surface area contributed by atoms with Gasteiger partial charge in [-0.2, -0.15) is 5.11 Å². The van der Waals surface area contributed by atoms with E-state index in [9.17, 15) is 34.1 Å². The Kier molecular flexibility index (Phi) is 7.97. The van der Waals surface area contributed by atoms with Crippen LogP contribution in [0.1, 0.15) is 40.0 Å².